The highest BCUT2D eigenvalue weighted by atomic mass is 19.3. The van der Waals surface area contributed by atoms with E-state index in [1.807, 2.05) is 0 Å². The van der Waals surface area contributed by atoms with Crippen LogP contribution in [0, 0.1) is 12.7 Å². The van der Waals surface area contributed by atoms with Crippen LogP contribution in [0.25, 0.3) is 0 Å². The molecule has 8 heteroatoms. The van der Waals surface area contributed by atoms with Gasteiger partial charge in [-0.05, 0) is 38.1 Å². The number of benzene rings is 2. The average molecular weight is 366 g/mol. The van der Waals surface area contributed by atoms with Gasteiger partial charge in [0.05, 0.1) is 5.71 Å². The molecule has 0 spiro atoms. The smallest absolute Gasteiger partial charge is 0.387 e. The first kappa shape index (κ1) is 19.3. The number of aryl methyl sites for hydroxylation is 1. The van der Waals surface area contributed by atoms with Gasteiger partial charge in [0.1, 0.15) is 17.3 Å². The Hall–Kier alpha value is -3.03. The molecule has 138 valence electrons. The van der Waals surface area contributed by atoms with E-state index in [1.165, 1.54) is 24.3 Å². The Balaban J connectivity index is 2.01. The van der Waals surface area contributed by atoms with Gasteiger partial charge >= 0.3 is 6.61 Å². The quantitative estimate of drug-likeness (QED) is 0.601. The summed E-state index contributed by atoms with van der Waals surface area (Å²) in [6, 6.07) is 10.00. The summed E-state index contributed by atoms with van der Waals surface area (Å²) in [7, 11) is 0. The Labute approximate surface area is 148 Å². The number of amides is 1. The van der Waals surface area contributed by atoms with E-state index in [0.29, 0.717) is 5.56 Å². The molecule has 2 aromatic carbocycles. The van der Waals surface area contributed by atoms with Gasteiger partial charge < -0.3 is 9.47 Å². The maximum atomic E-state index is 13.0. The fraction of sp³-hybridized carbons (Fsp3) is 0.222. The van der Waals surface area contributed by atoms with Crippen LogP contribution in [0.15, 0.2) is 47.6 Å². The molecular weight excluding hydrogens is 349 g/mol. The molecule has 0 aliphatic heterocycles. The summed E-state index contributed by atoms with van der Waals surface area (Å²) in [5.41, 5.74) is 3.68. The number of hydrogen-bond acceptors (Lipinski definition) is 4. The lowest BCUT2D eigenvalue weighted by Crippen LogP contribution is -2.25. The van der Waals surface area contributed by atoms with Crippen molar-refractivity contribution in [3.05, 3.63) is 59.4 Å². The average Bonchev–Trinajstić information content (AvgIpc) is 2.59. The molecule has 0 atom stereocenters. The van der Waals surface area contributed by atoms with Gasteiger partial charge in [0.2, 0.25) is 0 Å². The lowest BCUT2D eigenvalue weighted by molar-refractivity contribution is -0.123. The molecule has 1 amide bonds. The third-order valence-electron chi connectivity index (χ3n) is 3.26. The second kappa shape index (κ2) is 8.89. The van der Waals surface area contributed by atoms with Gasteiger partial charge in [-0.15, -0.1) is 0 Å². The monoisotopic (exact) mass is 366 g/mol. The second-order valence-electron chi connectivity index (χ2n) is 5.36. The highest BCUT2D eigenvalue weighted by Gasteiger charge is 2.12. The Morgan fingerprint density at radius 2 is 2.00 bits per heavy atom. The molecule has 0 bridgehead atoms. The van der Waals surface area contributed by atoms with E-state index in [4.69, 9.17) is 4.74 Å². The predicted molar refractivity (Wildman–Crippen MR) is 90.1 cm³/mol. The summed E-state index contributed by atoms with van der Waals surface area (Å²) in [5, 5.41) is 3.87. The summed E-state index contributed by atoms with van der Waals surface area (Å²) in [4.78, 5) is 11.8. The number of hydrogen-bond donors (Lipinski definition) is 1. The van der Waals surface area contributed by atoms with E-state index in [1.54, 1.807) is 26.0 Å². The first-order valence-corrected chi connectivity index (χ1v) is 7.62. The van der Waals surface area contributed by atoms with Gasteiger partial charge in [-0.2, -0.15) is 13.9 Å². The predicted octanol–water partition coefficient (Wildman–Crippen LogP) is 3.65. The molecule has 0 aromatic heterocycles. The fourth-order valence-electron chi connectivity index (χ4n) is 2.07. The zero-order valence-electron chi connectivity index (χ0n) is 14.1. The SMILES string of the molecule is C/C(=N/NC(=O)COc1cccc(F)c1)c1cc(C)ccc1OC(F)F. The van der Waals surface area contributed by atoms with Crippen LogP contribution >= 0.6 is 0 Å². The minimum atomic E-state index is -2.97. The van der Waals surface area contributed by atoms with E-state index in [2.05, 4.69) is 15.3 Å². The zero-order valence-corrected chi connectivity index (χ0v) is 14.1. The molecule has 2 rings (SSSR count). The molecule has 0 aliphatic carbocycles. The van der Waals surface area contributed by atoms with Crippen molar-refractivity contribution in [2.45, 2.75) is 20.5 Å². The van der Waals surface area contributed by atoms with Crippen molar-refractivity contribution in [2.24, 2.45) is 5.10 Å². The molecule has 0 saturated heterocycles. The standard InChI is InChI=1S/C18H17F3N2O3/c1-11-6-7-16(26-18(20)21)15(8-11)12(2)22-23-17(24)10-25-14-5-3-4-13(19)9-14/h3-9,18H,10H2,1-2H3,(H,23,24)/b22-12-. The second-order valence-corrected chi connectivity index (χ2v) is 5.36. The van der Waals surface area contributed by atoms with Crippen molar-refractivity contribution < 1.29 is 27.4 Å². The molecule has 26 heavy (non-hydrogen) atoms. The van der Waals surface area contributed by atoms with E-state index < -0.39 is 18.3 Å². The maximum Gasteiger partial charge on any atom is 0.387 e. The van der Waals surface area contributed by atoms with Gasteiger partial charge in [-0.3, -0.25) is 4.79 Å². The number of hydrazone groups is 1. The van der Waals surface area contributed by atoms with Crippen molar-refractivity contribution in [2.75, 3.05) is 6.61 Å². The fourth-order valence-corrected chi connectivity index (χ4v) is 2.07. The third kappa shape index (κ3) is 5.80. The molecule has 2 aromatic rings. The minimum Gasteiger partial charge on any atom is -0.484 e. The third-order valence-corrected chi connectivity index (χ3v) is 3.26. The first-order valence-electron chi connectivity index (χ1n) is 7.62. The Morgan fingerprint density at radius 3 is 2.69 bits per heavy atom. The summed E-state index contributed by atoms with van der Waals surface area (Å²) < 4.78 is 47.6. The number of alkyl halides is 2. The van der Waals surface area contributed by atoms with E-state index in [0.717, 1.165) is 11.6 Å². The molecule has 0 saturated carbocycles. The van der Waals surface area contributed by atoms with E-state index in [-0.39, 0.29) is 23.8 Å². The van der Waals surface area contributed by atoms with Crippen LogP contribution in [-0.4, -0.2) is 24.8 Å². The van der Waals surface area contributed by atoms with Crippen LogP contribution in [0.3, 0.4) is 0 Å². The summed E-state index contributed by atoms with van der Waals surface area (Å²) in [6.45, 7) is -0.0256. The minimum absolute atomic E-state index is 0.0443. The van der Waals surface area contributed by atoms with Crippen LogP contribution in [0.1, 0.15) is 18.1 Å². The topological polar surface area (TPSA) is 59.9 Å². The van der Waals surface area contributed by atoms with E-state index >= 15 is 0 Å². The summed E-state index contributed by atoms with van der Waals surface area (Å²) in [6.07, 6.45) is 0. The summed E-state index contributed by atoms with van der Waals surface area (Å²) >= 11 is 0. The molecule has 0 unspecified atom stereocenters. The van der Waals surface area contributed by atoms with Crippen LogP contribution < -0.4 is 14.9 Å². The van der Waals surface area contributed by atoms with Crippen molar-refractivity contribution in [1.82, 2.24) is 5.43 Å². The van der Waals surface area contributed by atoms with Crippen molar-refractivity contribution in [1.29, 1.82) is 0 Å². The van der Waals surface area contributed by atoms with Crippen LogP contribution in [0.5, 0.6) is 11.5 Å². The van der Waals surface area contributed by atoms with Gasteiger partial charge in [-0.25, -0.2) is 9.82 Å². The number of carbonyl (C=O) groups is 1. The van der Waals surface area contributed by atoms with Gasteiger partial charge in [0.15, 0.2) is 6.61 Å². The number of ether oxygens (including phenoxy) is 2. The molecule has 0 fully saturated rings. The number of carbonyl (C=O) groups excluding carboxylic acids is 1. The molecule has 1 N–H and O–H groups in total. The first-order chi connectivity index (χ1) is 12.3. The molecular formula is C18H17F3N2O3. The molecule has 0 radical (unpaired) electrons. The van der Waals surface area contributed by atoms with Crippen molar-refractivity contribution in [3.8, 4) is 11.5 Å². The Bertz CT molecular complexity index is 810. The van der Waals surface area contributed by atoms with E-state index in [9.17, 15) is 18.0 Å². The van der Waals surface area contributed by atoms with Crippen molar-refractivity contribution >= 4 is 11.6 Å². The maximum absolute atomic E-state index is 13.0. The van der Waals surface area contributed by atoms with Gasteiger partial charge in [0.25, 0.3) is 5.91 Å². The normalized spacial score (nSPS) is 11.4. The largest absolute Gasteiger partial charge is 0.484 e. The summed E-state index contributed by atoms with van der Waals surface area (Å²) in [5.74, 6) is -0.912. The van der Waals surface area contributed by atoms with Gasteiger partial charge in [0, 0.05) is 11.6 Å². The van der Waals surface area contributed by atoms with Crippen LogP contribution in [-0.2, 0) is 4.79 Å². The zero-order chi connectivity index (χ0) is 19.1. The van der Waals surface area contributed by atoms with Crippen molar-refractivity contribution in [3.63, 3.8) is 0 Å². The lowest BCUT2D eigenvalue weighted by atomic mass is 10.1. The van der Waals surface area contributed by atoms with Gasteiger partial charge in [-0.1, -0.05) is 17.7 Å². The Morgan fingerprint density at radius 1 is 1.23 bits per heavy atom. The molecule has 0 heterocycles. The lowest BCUT2D eigenvalue weighted by Gasteiger charge is -2.11. The highest BCUT2D eigenvalue weighted by molar-refractivity contribution is 6.01. The number of halogens is 3. The Kier molecular flexibility index (Phi) is 6.60. The number of rotatable bonds is 7. The highest BCUT2D eigenvalue weighted by Crippen LogP contribution is 2.22. The number of nitrogens with one attached hydrogen (secondary N) is 1. The van der Waals surface area contributed by atoms with Crippen LogP contribution in [0.2, 0.25) is 0 Å². The molecule has 0 aliphatic rings. The number of nitrogens with zero attached hydrogens (tertiary/aromatic N) is 1. The molecule has 5 nitrogen and oxygen atoms in total. The van der Waals surface area contributed by atoms with Crippen LogP contribution in [0.4, 0.5) is 13.2 Å².